The minimum Gasteiger partial charge on any atom is -0.353 e. The van der Waals surface area contributed by atoms with Crippen LogP contribution >= 0.6 is 12.6 Å². The fourth-order valence-corrected chi connectivity index (χ4v) is 3.71. The van der Waals surface area contributed by atoms with Gasteiger partial charge in [0.15, 0.2) is 0 Å². The van der Waals surface area contributed by atoms with Crippen molar-refractivity contribution >= 4 is 18.5 Å². The SMILES string of the molecule is CCCCCCCCC(CCCCCCC)[C@H](CS)NC(C)=O. The number of amides is 1. The number of thiol groups is 1. The Morgan fingerprint density at radius 2 is 1.26 bits per heavy atom. The quantitative estimate of drug-likeness (QED) is 0.255. The second-order valence-electron chi connectivity index (χ2n) is 7.01. The van der Waals surface area contributed by atoms with E-state index in [9.17, 15) is 4.79 Å². The summed E-state index contributed by atoms with van der Waals surface area (Å²) in [6, 6.07) is 0.248. The second-order valence-corrected chi connectivity index (χ2v) is 7.37. The van der Waals surface area contributed by atoms with Gasteiger partial charge in [-0.2, -0.15) is 12.6 Å². The molecule has 0 heterocycles. The number of nitrogens with one attached hydrogen (secondary N) is 1. The van der Waals surface area contributed by atoms with Gasteiger partial charge < -0.3 is 5.32 Å². The molecular weight excluding hydrogens is 302 g/mol. The molecule has 1 N–H and O–H groups in total. The average Bonchev–Trinajstić information content (AvgIpc) is 2.53. The largest absolute Gasteiger partial charge is 0.353 e. The van der Waals surface area contributed by atoms with E-state index < -0.39 is 0 Å². The number of hydrogen-bond donors (Lipinski definition) is 2. The van der Waals surface area contributed by atoms with E-state index in [2.05, 4.69) is 31.8 Å². The Kier molecular flexibility index (Phi) is 16.5. The van der Waals surface area contributed by atoms with Gasteiger partial charge in [0.1, 0.15) is 0 Å². The molecule has 2 atom stereocenters. The van der Waals surface area contributed by atoms with Crippen molar-refractivity contribution in [3.05, 3.63) is 0 Å². The molecule has 1 unspecified atom stereocenters. The van der Waals surface area contributed by atoms with Gasteiger partial charge in [0.25, 0.3) is 0 Å². The van der Waals surface area contributed by atoms with Gasteiger partial charge in [0, 0.05) is 18.7 Å². The fraction of sp³-hybridized carbons (Fsp3) is 0.950. The summed E-state index contributed by atoms with van der Waals surface area (Å²) in [4.78, 5) is 11.4. The molecule has 0 bridgehead atoms. The molecule has 1 amide bonds. The minimum absolute atomic E-state index is 0.0861. The van der Waals surface area contributed by atoms with Gasteiger partial charge in [0.05, 0.1) is 0 Å². The first-order valence-corrected chi connectivity index (χ1v) is 10.7. The zero-order valence-corrected chi connectivity index (χ0v) is 16.8. The summed E-state index contributed by atoms with van der Waals surface area (Å²) in [6.45, 7) is 6.15. The average molecular weight is 344 g/mol. The highest BCUT2D eigenvalue weighted by Gasteiger charge is 2.20. The highest BCUT2D eigenvalue weighted by molar-refractivity contribution is 7.80. The van der Waals surface area contributed by atoms with Crippen LogP contribution in [-0.2, 0) is 4.79 Å². The molecule has 0 aromatic carbocycles. The maximum absolute atomic E-state index is 11.4. The van der Waals surface area contributed by atoms with Crippen molar-refractivity contribution in [3.63, 3.8) is 0 Å². The molecule has 0 aromatic heterocycles. The van der Waals surface area contributed by atoms with Crippen LogP contribution in [0.2, 0.25) is 0 Å². The number of carbonyl (C=O) groups is 1. The summed E-state index contributed by atoms with van der Waals surface area (Å²) in [5.41, 5.74) is 0. The van der Waals surface area contributed by atoms with E-state index in [1.165, 1.54) is 83.5 Å². The van der Waals surface area contributed by atoms with Crippen LogP contribution in [0.1, 0.15) is 104 Å². The van der Waals surface area contributed by atoms with E-state index in [1.807, 2.05) is 0 Å². The lowest BCUT2D eigenvalue weighted by Gasteiger charge is -2.27. The van der Waals surface area contributed by atoms with Crippen LogP contribution in [0, 0.1) is 5.92 Å². The molecule has 0 saturated carbocycles. The fourth-order valence-electron chi connectivity index (χ4n) is 3.32. The van der Waals surface area contributed by atoms with Crippen LogP contribution in [0.15, 0.2) is 0 Å². The predicted octanol–water partition coefficient (Wildman–Crippen LogP) is 6.15. The molecule has 0 aliphatic carbocycles. The summed E-state index contributed by atoms with van der Waals surface area (Å²) >= 11 is 4.48. The van der Waals surface area contributed by atoms with Crippen molar-refractivity contribution in [2.24, 2.45) is 5.92 Å². The maximum Gasteiger partial charge on any atom is 0.217 e. The molecular formula is C20H41NOS. The van der Waals surface area contributed by atoms with Crippen molar-refractivity contribution in [2.75, 3.05) is 5.75 Å². The number of hydrogen-bond acceptors (Lipinski definition) is 2. The van der Waals surface area contributed by atoms with Crippen molar-refractivity contribution < 1.29 is 4.79 Å². The Labute approximate surface area is 151 Å². The lowest BCUT2D eigenvalue weighted by atomic mass is 9.88. The molecule has 0 aliphatic heterocycles. The zero-order valence-electron chi connectivity index (χ0n) is 15.9. The Balaban J connectivity index is 4.16. The zero-order chi connectivity index (χ0) is 17.3. The van der Waals surface area contributed by atoms with Gasteiger partial charge >= 0.3 is 0 Å². The van der Waals surface area contributed by atoms with Gasteiger partial charge in [0.2, 0.25) is 5.91 Å². The molecule has 138 valence electrons. The lowest BCUT2D eigenvalue weighted by Crippen LogP contribution is -2.40. The van der Waals surface area contributed by atoms with E-state index >= 15 is 0 Å². The number of unbranched alkanes of at least 4 members (excludes halogenated alkanes) is 9. The van der Waals surface area contributed by atoms with Crippen LogP contribution in [-0.4, -0.2) is 17.7 Å². The standard InChI is InChI=1S/C20H41NOS/c1-4-6-8-10-12-14-16-19(15-13-11-9-7-5-2)20(17-23)21-18(3)22/h19-20,23H,4-17H2,1-3H3,(H,21,22)/t19?,20-/m0/s1. The Bertz CT molecular complexity index is 270. The summed E-state index contributed by atoms with van der Waals surface area (Å²) < 4.78 is 0. The Morgan fingerprint density at radius 1 is 0.826 bits per heavy atom. The molecule has 0 aromatic rings. The van der Waals surface area contributed by atoms with Crippen LogP contribution in [0.3, 0.4) is 0 Å². The van der Waals surface area contributed by atoms with Gasteiger partial charge in [-0.3, -0.25) is 4.79 Å². The molecule has 23 heavy (non-hydrogen) atoms. The highest BCUT2D eigenvalue weighted by atomic mass is 32.1. The molecule has 2 nitrogen and oxygen atoms in total. The normalized spacial score (nSPS) is 13.7. The monoisotopic (exact) mass is 343 g/mol. The van der Waals surface area contributed by atoms with E-state index in [0.29, 0.717) is 5.92 Å². The van der Waals surface area contributed by atoms with Gasteiger partial charge in [-0.05, 0) is 18.8 Å². The minimum atomic E-state index is 0.0861. The summed E-state index contributed by atoms with van der Waals surface area (Å²) in [6.07, 6.45) is 17.2. The third kappa shape index (κ3) is 13.9. The summed E-state index contributed by atoms with van der Waals surface area (Å²) in [5.74, 6) is 1.45. The molecule has 0 saturated heterocycles. The van der Waals surface area contributed by atoms with E-state index in [-0.39, 0.29) is 11.9 Å². The molecule has 3 heteroatoms. The predicted molar refractivity (Wildman–Crippen MR) is 106 cm³/mol. The van der Waals surface area contributed by atoms with Crippen molar-refractivity contribution in [1.82, 2.24) is 5.32 Å². The molecule has 0 rings (SSSR count). The van der Waals surface area contributed by atoms with Crippen molar-refractivity contribution in [3.8, 4) is 0 Å². The first-order chi connectivity index (χ1) is 11.2. The number of carbonyl (C=O) groups excluding carboxylic acids is 1. The van der Waals surface area contributed by atoms with Crippen LogP contribution in [0.4, 0.5) is 0 Å². The molecule has 0 spiro atoms. The second kappa shape index (κ2) is 16.7. The van der Waals surface area contributed by atoms with E-state index in [1.54, 1.807) is 6.92 Å². The van der Waals surface area contributed by atoms with E-state index in [0.717, 1.165) is 5.75 Å². The molecule has 0 radical (unpaired) electrons. The third-order valence-electron chi connectivity index (χ3n) is 4.76. The van der Waals surface area contributed by atoms with Gasteiger partial charge in [-0.15, -0.1) is 0 Å². The van der Waals surface area contributed by atoms with Gasteiger partial charge in [-0.1, -0.05) is 84.5 Å². The summed E-state index contributed by atoms with van der Waals surface area (Å²) in [7, 11) is 0. The maximum atomic E-state index is 11.4. The van der Waals surface area contributed by atoms with Crippen molar-refractivity contribution in [1.29, 1.82) is 0 Å². The molecule has 0 aliphatic rings. The Morgan fingerprint density at radius 3 is 1.65 bits per heavy atom. The summed E-state index contributed by atoms with van der Waals surface area (Å²) in [5, 5.41) is 3.13. The lowest BCUT2D eigenvalue weighted by molar-refractivity contribution is -0.119. The smallest absolute Gasteiger partial charge is 0.217 e. The van der Waals surface area contributed by atoms with Gasteiger partial charge in [-0.25, -0.2) is 0 Å². The van der Waals surface area contributed by atoms with Crippen LogP contribution < -0.4 is 5.32 Å². The van der Waals surface area contributed by atoms with Crippen molar-refractivity contribution in [2.45, 2.75) is 110 Å². The van der Waals surface area contributed by atoms with Crippen LogP contribution in [0.25, 0.3) is 0 Å². The first kappa shape index (κ1) is 22.8. The topological polar surface area (TPSA) is 29.1 Å². The first-order valence-electron chi connectivity index (χ1n) is 10.0. The Hall–Kier alpha value is -0.180. The highest BCUT2D eigenvalue weighted by Crippen LogP contribution is 2.23. The molecule has 0 fully saturated rings. The van der Waals surface area contributed by atoms with E-state index in [4.69, 9.17) is 0 Å². The van der Waals surface area contributed by atoms with Crippen LogP contribution in [0.5, 0.6) is 0 Å². The third-order valence-corrected chi connectivity index (χ3v) is 5.15. The number of rotatable bonds is 16.